The van der Waals surface area contributed by atoms with Gasteiger partial charge < -0.3 is 20.5 Å². The second-order valence-electron chi connectivity index (χ2n) is 5.21. The van der Waals surface area contributed by atoms with E-state index in [4.69, 9.17) is 4.74 Å². The number of hydrogen-bond acceptors (Lipinski definition) is 4. The molecule has 0 aliphatic rings. The van der Waals surface area contributed by atoms with Crippen LogP contribution in [0.5, 0.6) is 5.75 Å². The third-order valence-corrected chi connectivity index (χ3v) is 3.32. The highest BCUT2D eigenvalue weighted by atomic mass is 16.5. The molecule has 1 rings (SSSR count). The molecule has 0 spiro atoms. The molecule has 0 saturated heterocycles. The highest BCUT2D eigenvalue weighted by molar-refractivity contribution is 5.90. The molecule has 5 heteroatoms. The maximum atomic E-state index is 11.2. The Balaban J connectivity index is 2.75. The van der Waals surface area contributed by atoms with E-state index < -0.39 is 0 Å². The number of hydrogen-bond donors (Lipinski definition) is 3. The van der Waals surface area contributed by atoms with Crippen molar-refractivity contribution in [1.29, 1.82) is 0 Å². The molecule has 0 bridgehead atoms. The summed E-state index contributed by atoms with van der Waals surface area (Å²) in [6.45, 7) is 6.10. The third-order valence-electron chi connectivity index (χ3n) is 3.32. The molecule has 0 aliphatic heterocycles. The predicted molar refractivity (Wildman–Crippen MR) is 84.6 cm³/mol. The van der Waals surface area contributed by atoms with E-state index in [2.05, 4.69) is 17.6 Å². The van der Waals surface area contributed by atoms with Gasteiger partial charge in [0.2, 0.25) is 5.91 Å². The quantitative estimate of drug-likeness (QED) is 0.689. The van der Waals surface area contributed by atoms with Crippen LogP contribution in [0.25, 0.3) is 0 Å². The molecule has 2 unspecified atom stereocenters. The van der Waals surface area contributed by atoms with Crippen LogP contribution in [0.1, 0.15) is 45.2 Å². The number of rotatable bonds is 8. The van der Waals surface area contributed by atoms with Crippen molar-refractivity contribution in [2.75, 3.05) is 19.0 Å². The predicted octanol–water partition coefficient (Wildman–Crippen LogP) is 2.47. The van der Waals surface area contributed by atoms with Gasteiger partial charge in [0.25, 0.3) is 0 Å². The molecule has 1 aromatic carbocycles. The fraction of sp³-hybridized carbons (Fsp3) is 0.562. The van der Waals surface area contributed by atoms with Gasteiger partial charge in [0, 0.05) is 19.5 Å². The highest BCUT2D eigenvalue weighted by Crippen LogP contribution is 2.28. The van der Waals surface area contributed by atoms with Crippen LogP contribution in [0.4, 0.5) is 5.69 Å². The summed E-state index contributed by atoms with van der Waals surface area (Å²) in [4.78, 5) is 11.2. The first-order chi connectivity index (χ1) is 9.97. The molecular weight excluding hydrogens is 268 g/mol. The third kappa shape index (κ3) is 5.73. The fourth-order valence-corrected chi connectivity index (χ4v) is 2.15. The average molecular weight is 294 g/mol. The van der Waals surface area contributed by atoms with Crippen LogP contribution >= 0.6 is 0 Å². The van der Waals surface area contributed by atoms with Crippen molar-refractivity contribution in [2.45, 2.75) is 45.8 Å². The van der Waals surface area contributed by atoms with Gasteiger partial charge in [-0.05, 0) is 31.0 Å². The number of carbonyl (C=O) groups excluding carboxylic acids is 1. The first-order valence-corrected chi connectivity index (χ1v) is 7.34. The van der Waals surface area contributed by atoms with Crippen LogP contribution in [0.3, 0.4) is 0 Å². The molecule has 0 aromatic heterocycles. The van der Waals surface area contributed by atoms with Crippen molar-refractivity contribution in [3.63, 3.8) is 0 Å². The molecule has 21 heavy (non-hydrogen) atoms. The number of aliphatic hydroxyl groups excluding tert-OH is 1. The highest BCUT2D eigenvalue weighted by Gasteiger charge is 2.12. The first kappa shape index (κ1) is 17.5. The molecule has 5 nitrogen and oxygen atoms in total. The molecule has 0 saturated carbocycles. The van der Waals surface area contributed by atoms with Crippen LogP contribution in [-0.4, -0.2) is 30.8 Å². The van der Waals surface area contributed by atoms with Gasteiger partial charge in [0.05, 0.1) is 18.9 Å². The van der Waals surface area contributed by atoms with Crippen molar-refractivity contribution in [3.05, 3.63) is 23.8 Å². The summed E-state index contributed by atoms with van der Waals surface area (Å²) in [5.41, 5.74) is 1.69. The van der Waals surface area contributed by atoms with E-state index in [0.29, 0.717) is 18.0 Å². The van der Waals surface area contributed by atoms with Crippen molar-refractivity contribution in [1.82, 2.24) is 5.32 Å². The molecule has 0 aliphatic carbocycles. The Bertz CT molecular complexity index is 463. The fourth-order valence-electron chi connectivity index (χ4n) is 2.15. The Morgan fingerprint density at radius 3 is 2.71 bits per heavy atom. The molecule has 3 N–H and O–H groups in total. The summed E-state index contributed by atoms with van der Waals surface area (Å²) in [7, 11) is 1.57. The minimum Gasteiger partial charge on any atom is -0.495 e. The zero-order valence-electron chi connectivity index (χ0n) is 13.3. The number of anilines is 1. The minimum atomic E-state index is -0.328. The van der Waals surface area contributed by atoms with E-state index in [0.717, 1.165) is 18.4 Å². The van der Waals surface area contributed by atoms with Crippen molar-refractivity contribution < 1.29 is 14.6 Å². The van der Waals surface area contributed by atoms with Gasteiger partial charge in [-0.15, -0.1) is 0 Å². The molecule has 1 amide bonds. The van der Waals surface area contributed by atoms with Crippen LogP contribution in [0.2, 0.25) is 0 Å². The van der Waals surface area contributed by atoms with Crippen molar-refractivity contribution in [2.24, 2.45) is 0 Å². The molecule has 0 radical (unpaired) electrons. The Morgan fingerprint density at radius 2 is 2.14 bits per heavy atom. The number of methoxy groups -OCH3 is 1. The molecule has 0 fully saturated rings. The van der Waals surface area contributed by atoms with Crippen LogP contribution in [0, 0.1) is 0 Å². The number of benzene rings is 1. The number of ether oxygens (including phenoxy) is 1. The van der Waals surface area contributed by atoms with Crippen LogP contribution < -0.4 is 15.4 Å². The first-order valence-electron chi connectivity index (χ1n) is 7.34. The number of nitrogens with one attached hydrogen (secondary N) is 2. The van der Waals surface area contributed by atoms with Gasteiger partial charge >= 0.3 is 0 Å². The van der Waals surface area contributed by atoms with E-state index >= 15 is 0 Å². The van der Waals surface area contributed by atoms with Gasteiger partial charge in [0.1, 0.15) is 5.75 Å². The monoisotopic (exact) mass is 294 g/mol. The average Bonchev–Trinajstić information content (AvgIpc) is 2.44. The molecular formula is C16H26N2O3. The van der Waals surface area contributed by atoms with Gasteiger partial charge in [0.15, 0.2) is 0 Å². The topological polar surface area (TPSA) is 70.6 Å². The van der Waals surface area contributed by atoms with Gasteiger partial charge in [-0.2, -0.15) is 0 Å². The zero-order valence-corrected chi connectivity index (χ0v) is 13.3. The van der Waals surface area contributed by atoms with Gasteiger partial charge in [-0.1, -0.05) is 19.4 Å². The summed E-state index contributed by atoms with van der Waals surface area (Å²) in [5, 5.41) is 15.8. The summed E-state index contributed by atoms with van der Waals surface area (Å²) in [6.07, 6.45) is 1.43. The minimum absolute atomic E-state index is 0.0786. The van der Waals surface area contributed by atoms with E-state index in [1.165, 1.54) is 6.92 Å². The van der Waals surface area contributed by atoms with E-state index in [1.807, 2.05) is 25.1 Å². The standard InChI is InChI=1S/C16H26N2O3/c1-5-6-14(20)10-17-11(2)13-7-8-16(21-4)15(9-13)18-12(3)19/h7-9,11,14,17,20H,5-6,10H2,1-4H3,(H,18,19). The normalized spacial score (nSPS) is 13.6. The second kappa shape index (κ2) is 8.64. The lowest BCUT2D eigenvalue weighted by Crippen LogP contribution is -2.29. The second-order valence-corrected chi connectivity index (χ2v) is 5.21. The summed E-state index contributed by atoms with van der Waals surface area (Å²) in [5.74, 6) is 0.497. The van der Waals surface area contributed by atoms with Crippen molar-refractivity contribution >= 4 is 11.6 Å². The van der Waals surface area contributed by atoms with Gasteiger partial charge in [-0.25, -0.2) is 0 Å². The molecule has 118 valence electrons. The smallest absolute Gasteiger partial charge is 0.221 e. The largest absolute Gasteiger partial charge is 0.495 e. The van der Waals surface area contributed by atoms with Crippen LogP contribution in [-0.2, 0) is 4.79 Å². The van der Waals surface area contributed by atoms with E-state index in [-0.39, 0.29) is 18.1 Å². The summed E-state index contributed by atoms with van der Waals surface area (Å²) < 4.78 is 5.24. The molecule has 1 aromatic rings. The maximum absolute atomic E-state index is 11.2. The maximum Gasteiger partial charge on any atom is 0.221 e. The lowest BCUT2D eigenvalue weighted by Gasteiger charge is -2.19. The summed E-state index contributed by atoms with van der Waals surface area (Å²) >= 11 is 0. The number of carbonyl (C=O) groups is 1. The van der Waals surface area contributed by atoms with Crippen molar-refractivity contribution in [3.8, 4) is 5.75 Å². The lowest BCUT2D eigenvalue weighted by atomic mass is 10.1. The Hall–Kier alpha value is -1.59. The van der Waals surface area contributed by atoms with E-state index in [9.17, 15) is 9.90 Å². The summed E-state index contributed by atoms with van der Waals surface area (Å²) in [6, 6.07) is 5.76. The van der Waals surface area contributed by atoms with Gasteiger partial charge in [-0.3, -0.25) is 4.79 Å². The Kier molecular flexibility index (Phi) is 7.19. The number of amides is 1. The Labute approximate surface area is 126 Å². The van der Waals surface area contributed by atoms with E-state index in [1.54, 1.807) is 7.11 Å². The lowest BCUT2D eigenvalue weighted by molar-refractivity contribution is -0.114. The van der Waals surface area contributed by atoms with Crippen LogP contribution in [0.15, 0.2) is 18.2 Å². The zero-order chi connectivity index (χ0) is 15.8. The molecule has 0 heterocycles. The molecule has 2 atom stereocenters. The number of aliphatic hydroxyl groups is 1. The SMILES string of the molecule is CCCC(O)CNC(C)c1ccc(OC)c(NC(C)=O)c1. The Morgan fingerprint density at radius 1 is 1.43 bits per heavy atom.